The molecule has 0 saturated carbocycles. The van der Waals surface area contributed by atoms with E-state index < -0.39 is 0 Å². The molecule has 3 heterocycles. The van der Waals surface area contributed by atoms with Gasteiger partial charge in [0.15, 0.2) is 0 Å². The lowest BCUT2D eigenvalue weighted by molar-refractivity contribution is 0.0169. The maximum Gasteiger partial charge on any atom is 0.261 e. The second kappa shape index (κ2) is 7.17. The quantitative estimate of drug-likeness (QED) is 0.920. The maximum atomic E-state index is 12.1. The summed E-state index contributed by atoms with van der Waals surface area (Å²) in [4.78, 5) is 16.6. The number of thiophene rings is 2. The number of ether oxygens (including phenoxy) is 1. The van der Waals surface area contributed by atoms with Gasteiger partial charge in [0.2, 0.25) is 0 Å². The molecule has 21 heavy (non-hydrogen) atoms. The number of amides is 1. The Morgan fingerprint density at radius 3 is 2.67 bits per heavy atom. The highest BCUT2D eigenvalue weighted by Gasteiger charge is 2.24. The number of nitrogens with one attached hydrogen (secondary N) is 1. The molecule has 1 N–H and O–H groups in total. The van der Waals surface area contributed by atoms with Crippen molar-refractivity contribution in [1.29, 1.82) is 0 Å². The summed E-state index contributed by atoms with van der Waals surface area (Å²) in [6, 6.07) is 8.20. The molecular weight excluding hydrogens is 304 g/mol. The molecule has 1 atom stereocenters. The molecule has 6 heteroatoms. The molecule has 0 aliphatic carbocycles. The zero-order valence-corrected chi connectivity index (χ0v) is 13.3. The van der Waals surface area contributed by atoms with E-state index in [4.69, 9.17) is 4.74 Å². The van der Waals surface area contributed by atoms with Crippen molar-refractivity contribution in [1.82, 2.24) is 10.2 Å². The SMILES string of the molecule is O=C(NCC(c1cccs1)N1CCOCC1)c1cccs1. The predicted molar refractivity (Wildman–Crippen MR) is 86.1 cm³/mol. The molecular formula is C15H18N2O2S2. The van der Waals surface area contributed by atoms with E-state index in [9.17, 15) is 4.79 Å². The Balaban J connectivity index is 1.66. The van der Waals surface area contributed by atoms with E-state index in [0.29, 0.717) is 6.54 Å². The van der Waals surface area contributed by atoms with Gasteiger partial charge >= 0.3 is 0 Å². The molecule has 4 nitrogen and oxygen atoms in total. The lowest BCUT2D eigenvalue weighted by Gasteiger charge is -2.34. The van der Waals surface area contributed by atoms with Gasteiger partial charge in [-0.1, -0.05) is 12.1 Å². The van der Waals surface area contributed by atoms with Crippen LogP contribution in [0.4, 0.5) is 0 Å². The van der Waals surface area contributed by atoms with E-state index >= 15 is 0 Å². The van der Waals surface area contributed by atoms with Gasteiger partial charge in [0.05, 0.1) is 24.1 Å². The van der Waals surface area contributed by atoms with Gasteiger partial charge in [-0.2, -0.15) is 0 Å². The third kappa shape index (κ3) is 3.71. The summed E-state index contributed by atoms with van der Waals surface area (Å²) in [5.41, 5.74) is 0. The van der Waals surface area contributed by atoms with E-state index in [2.05, 4.69) is 27.7 Å². The highest BCUT2D eigenvalue weighted by atomic mass is 32.1. The molecule has 1 aliphatic heterocycles. The smallest absolute Gasteiger partial charge is 0.261 e. The Morgan fingerprint density at radius 2 is 2.00 bits per heavy atom. The molecule has 2 aromatic heterocycles. The maximum absolute atomic E-state index is 12.1. The van der Waals surface area contributed by atoms with E-state index in [-0.39, 0.29) is 11.9 Å². The molecule has 1 saturated heterocycles. The van der Waals surface area contributed by atoms with Crippen LogP contribution in [-0.4, -0.2) is 43.7 Å². The number of carbonyl (C=O) groups is 1. The molecule has 3 rings (SSSR count). The Kier molecular flexibility index (Phi) is 5.03. The highest BCUT2D eigenvalue weighted by Crippen LogP contribution is 2.25. The Bertz CT molecular complexity index is 548. The monoisotopic (exact) mass is 322 g/mol. The molecule has 112 valence electrons. The minimum absolute atomic E-state index is 0.0137. The summed E-state index contributed by atoms with van der Waals surface area (Å²) in [5, 5.41) is 7.08. The number of morpholine rings is 1. The molecule has 0 aromatic carbocycles. The van der Waals surface area contributed by atoms with Gasteiger partial charge in [-0.25, -0.2) is 0 Å². The number of carbonyl (C=O) groups excluding carboxylic acids is 1. The van der Waals surface area contributed by atoms with Gasteiger partial charge in [0, 0.05) is 24.5 Å². The summed E-state index contributed by atoms with van der Waals surface area (Å²) in [6.07, 6.45) is 0. The van der Waals surface area contributed by atoms with Crippen molar-refractivity contribution < 1.29 is 9.53 Å². The minimum Gasteiger partial charge on any atom is -0.379 e. The van der Waals surface area contributed by atoms with Crippen LogP contribution in [0, 0.1) is 0 Å². The van der Waals surface area contributed by atoms with Crippen LogP contribution in [-0.2, 0) is 4.74 Å². The largest absolute Gasteiger partial charge is 0.379 e. The van der Waals surface area contributed by atoms with Gasteiger partial charge in [0.1, 0.15) is 0 Å². The normalized spacial score (nSPS) is 17.5. The molecule has 1 aliphatic rings. The number of nitrogens with zero attached hydrogens (tertiary/aromatic N) is 1. The first-order chi connectivity index (χ1) is 10.3. The van der Waals surface area contributed by atoms with Crippen LogP contribution < -0.4 is 5.32 Å². The third-order valence-corrected chi connectivity index (χ3v) is 5.40. The average Bonchev–Trinajstić information content (AvgIpc) is 3.22. The fourth-order valence-electron chi connectivity index (χ4n) is 2.46. The topological polar surface area (TPSA) is 41.6 Å². The molecule has 0 bridgehead atoms. The fourth-order valence-corrected chi connectivity index (χ4v) is 3.96. The van der Waals surface area contributed by atoms with Crippen molar-refractivity contribution in [3.05, 3.63) is 44.8 Å². The second-order valence-corrected chi connectivity index (χ2v) is 6.79. The zero-order valence-electron chi connectivity index (χ0n) is 11.7. The summed E-state index contributed by atoms with van der Waals surface area (Å²) < 4.78 is 5.43. The minimum atomic E-state index is 0.0137. The van der Waals surface area contributed by atoms with Crippen molar-refractivity contribution in [2.45, 2.75) is 6.04 Å². The van der Waals surface area contributed by atoms with Crippen LogP contribution in [0.5, 0.6) is 0 Å². The fraction of sp³-hybridized carbons (Fsp3) is 0.400. The first kappa shape index (κ1) is 14.7. The van der Waals surface area contributed by atoms with Crippen molar-refractivity contribution >= 4 is 28.6 Å². The molecule has 1 amide bonds. The van der Waals surface area contributed by atoms with Crippen LogP contribution >= 0.6 is 22.7 Å². The van der Waals surface area contributed by atoms with Crippen molar-refractivity contribution in [3.8, 4) is 0 Å². The van der Waals surface area contributed by atoms with Gasteiger partial charge in [-0.3, -0.25) is 9.69 Å². The summed E-state index contributed by atoms with van der Waals surface area (Å²) in [5.74, 6) is 0.0137. The third-order valence-electron chi connectivity index (χ3n) is 3.56. The van der Waals surface area contributed by atoms with Crippen LogP contribution in [0.3, 0.4) is 0 Å². The summed E-state index contributed by atoms with van der Waals surface area (Å²) in [6.45, 7) is 3.99. The number of hydrogen-bond donors (Lipinski definition) is 1. The Morgan fingerprint density at radius 1 is 1.24 bits per heavy atom. The lowest BCUT2D eigenvalue weighted by atomic mass is 10.2. The number of hydrogen-bond acceptors (Lipinski definition) is 5. The van der Waals surface area contributed by atoms with Gasteiger partial charge in [-0.05, 0) is 22.9 Å². The van der Waals surface area contributed by atoms with Gasteiger partial charge in [-0.15, -0.1) is 22.7 Å². The zero-order chi connectivity index (χ0) is 14.5. The average molecular weight is 322 g/mol. The Hall–Kier alpha value is -1.21. The van der Waals surface area contributed by atoms with Gasteiger partial charge < -0.3 is 10.1 Å². The lowest BCUT2D eigenvalue weighted by Crippen LogP contribution is -2.43. The predicted octanol–water partition coefficient (Wildman–Crippen LogP) is 2.61. The van der Waals surface area contributed by atoms with Crippen LogP contribution in [0.25, 0.3) is 0 Å². The van der Waals surface area contributed by atoms with Crippen LogP contribution in [0.1, 0.15) is 20.6 Å². The number of rotatable bonds is 5. The summed E-state index contributed by atoms with van der Waals surface area (Å²) in [7, 11) is 0. The second-order valence-electron chi connectivity index (χ2n) is 4.87. The van der Waals surface area contributed by atoms with Crippen molar-refractivity contribution in [2.75, 3.05) is 32.8 Å². The molecule has 1 unspecified atom stereocenters. The highest BCUT2D eigenvalue weighted by molar-refractivity contribution is 7.12. The van der Waals surface area contributed by atoms with Crippen LogP contribution in [0.2, 0.25) is 0 Å². The van der Waals surface area contributed by atoms with Crippen LogP contribution in [0.15, 0.2) is 35.0 Å². The van der Waals surface area contributed by atoms with E-state index in [1.807, 2.05) is 17.5 Å². The van der Waals surface area contributed by atoms with Crippen molar-refractivity contribution in [3.63, 3.8) is 0 Å². The van der Waals surface area contributed by atoms with Gasteiger partial charge in [0.25, 0.3) is 5.91 Å². The molecule has 1 fully saturated rings. The molecule has 0 radical (unpaired) electrons. The van der Waals surface area contributed by atoms with E-state index in [1.165, 1.54) is 16.2 Å². The standard InChI is InChI=1S/C15H18N2O2S2/c18-15(14-4-2-10-21-14)16-11-12(13-3-1-9-20-13)17-5-7-19-8-6-17/h1-4,9-10,12H,5-8,11H2,(H,16,18). The van der Waals surface area contributed by atoms with E-state index in [0.717, 1.165) is 31.2 Å². The Labute approximate surface area is 132 Å². The first-order valence-electron chi connectivity index (χ1n) is 7.01. The molecule has 2 aromatic rings. The van der Waals surface area contributed by atoms with Crippen molar-refractivity contribution in [2.24, 2.45) is 0 Å². The molecule has 0 spiro atoms. The van der Waals surface area contributed by atoms with E-state index in [1.54, 1.807) is 11.3 Å². The first-order valence-corrected chi connectivity index (χ1v) is 8.77. The summed E-state index contributed by atoms with van der Waals surface area (Å²) >= 11 is 3.22.